The summed E-state index contributed by atoms with van der Waals surface area (Å²) in [6.07, 6.45) is 0.0874. The molecule has 0 unspecified atom stereocenters. The highest BCUT2D eigenvalue weighted by atomic mass is 19.4. The largest absolute Gasteiger partial charge is 0.416 e. The van der Waals surface area contributed by atoms with Crippen LogP contribution in [0, 0.1) is 0 Å². The Kier molecular flexibility index (Phi) is 6.22. The molecule has 3 heterocycles. The van der Waals surface area contributed by atoms with Crippen LogP contribution in [-0.4, -0.2) is 52.8 Å². The summed E-state index contributed by atoms with van der Waals surface area (Å²) >= 11 is 0. The van der Waals surface area contributed by atoms with Crippen LogP contribution in [0.15, 0.2) is 12.3 Å². The van der Waals surface area contributed by atoms with Gasteiger partial charge >= 0.3 is 6.18 Å². The number of hydrogen-bond acceptors (Lipinski definition) is 4. The number of amides is 2. The maximum absolute atomic E-state index is 13.5. The first kappa shape index (κ1) is 20.6. The predicted molar refractivity (Wildman–Crippen MR) is 96.1 cm³/mol. The average molecular weight is 398 g/mol. The van der Waals surface area contributed by atoms with Crippen LogP contribution in [0.4, 0.5) is 13.2 Å². The monoisotopic (exact) mass is 398 g/mol. The van der Waals surface area contributed by atoms with Crippen LogP contribution >= 0.6 is 0 Å². The Morgan fingerprint density at radius 1 is 1.21 bits per heavy atom. The molecule has 9 heteroatoms. The fraction of sp³-hybridized carbons (Fsp3) is 0.632. The number of nitrogens with one attached hydrogen (secondary N) is 1. The molecule has 0 spiro atoms. The van der Waals surface area contributed by atoms with E-state index in [4.69, 9.17) is 0 Å². The SMILES string of the molecule is CC(=O)NCc1cnc([C@H]2CCCN2C(=O)CN2CCCC2)cc1C(F)(F)F. The van der Waals surface area contributed by atoms with E-state index in [2.05, 4.69) is 15.2 Å². The number of aromatic nitrogens is 1. The lowest BCUT2D eigenvalue weighted by atomic mass is 10.0. The van der Waals surface area contributed by atoms with Crippen molar-refractivity contribution in [3.63, 3.8) is 0 Å². The van der Waals surface area contributed by atoms with Crippen molar-refractivity contribution in [2.45, 2.75) is 51.4 Å². The molecule has 1 N–H and O–H groups in total. The molecule has 28 heavy (non-hydrogen) atoms. The van der Waals surface area contributed by atoms with Gasteiger partial charge in [-0.3, -0.25) is 19.5 Å². The van der Waals surface area contributed by atoms with Crippen LogP contribution in [0.25, 0.3) is 0 Å². The van der Waals surface area contributed by atoms with Crippen molar-refractivity contribution < 1.29 is 22.8 Å². The fourth-order valence-electron chi connectivity index (χ4n) is 3.90. The lowest BCUT2D eigenvalue weighted by Crippen LogP contribution is -2.39. The van der Waals surface area contributed by atoms with Crippen LogP contribution in [0.2, 0.25) is 0 Å². The zero-order chi connectivity index (χ0) is 20.3. The molecule has 2 saturated heterocycles. The molecule has 1 aromatic rings. The smallest absolute Gasteiger partial charge is 0.352 e. The van der Waals surface area contributed by atoms with Gasteiger partial charge in [0, 0.05) is 31.8 Å². The molecule has 3 rings (SSSR count). The molecular formula is C19H25F3N4O2. The summed E-state index contributed by atoms with van der Waals surface area (Å²) in [5.74, 6) is -0.464. The summed E-state index contributed by atoms with van der Waals surface area (Å²) in [7, 11) is 0. The summed E-state index contributed by atoms with van der Waals surface area (Å²) in [6.45, 7) is 3.63. The second-order valence-corrected chi connectivity index (χ2v) is 7.40. The quantitative estimate of drug-likeness (QED) is 0.828. The first-order valence-electron chi connectivity index (χ1n) is 9.58. The number of hydrogen-bond donors (Lipinski definition) is 1. The number of likely N-dealkylation sites (tertiary alicyclic amines) is 2. The lowest BCUT2D eigenvalue weighted by molar-refractivity contribution is -0.138. The van der Waals surface area contributed by atoms with Crippen molar-refractivity contribution in [2.75, 3.05) is 26.2 Å². The minimum Gasteiger partial charge on any atom is -0.352 e. The minimum atomic E-state index is -4.56. The van der Waals surface area contributed by atoms with E-state index in [-0.39, 0.29) is 23.7 Å². The first-order valence-corrected chi connectivity index (χ1v) is 9.58. The molecule has 0 saturated carbocycles. The third kappa shape index (κ3) is 4.81. The number of rotatable bonds is 5. The highest BCUT2D eigenvalue weighted by molar-refractivity contribution is 5.79. The Morgan fingerprint density at radius 2 is 1.93 bits per heavy atom. The Balaban J connectivity index is 1.80. The number of carbonyl (C=O) groups excluding carboxylic acids is 2. The standard InChI is InChI=1S/C19H25F3N4O2/c1-13(27)23-10-14-11-24-16(9-15(14)19(20,21)22)17-5-4-8-26(17)18(28)12-25-6-2-3-7-25/h9,11,17H,2-8,10,12H2,1H3,(H,23,27)/t17-/m1/s1. The third-order valence-corrected chi connectivity index (χ3v) is 5.31. The van der Waals surface area contributed by atoms with E-state index in [0.29, 0.717) is 19.5 Å². The molecule has 6 nitrogen and oxygen atoms in total. The normalized spacial score (nSPS) is 20.6. The van der Waals surface area contributed by atoms with Gasteiger partial charge in [0.1, 0.15) is 0 Å². The van der Waals surface area contributed by atoms with Gasteiger partial charge < -0.3 is 10.2 Å². The van der Waals surface area contributed by atoms with E-state index in [9.17, 15) is 22.8 Å². The second kappa shape index (κ2) is 8.46. The van der Waals surface area contributed by atoms with Crippen molar-refractivity contribution in [1.29, 1.82) is 0 Å². The zero-order valence-electron chi connectivity index (χ0n) is 15.9. The molecule has 0 aliphatic carbocycles. The van der Waals surface area contributed by atoms with Gasteiger partial charge in [-0.1, -0.05) is 0 Å². The number of halogens is 3. The van der Waals surface area contributed by atoms with Crippen molar-refractivity contribution >= 4 is 11.8 Å². The molecule has 154 valence electrons. The Labute approximate surface area is 162 Å². The summed E-state index contributed by atoms with van der Waals surface area (Å²) in [4.78, 5) is 31.7. The maximum Gasteiger partial charge on any atom is 0.416 e. The van der Waals surface area contributed by atoms with Gasteiger partial charge in [-0.15, -0.1) is 0 Å². The average Bonchev–Trinajstić information content (AvgIpc) is 3.30. The maximum atomic E-state index is 13.5. The van der Waals surface area contributed by atoms with Gasteiger partial charge in [0.05, 0.1) is 23.8 Å². The summed E-state index contributed by atoms with van der Waals surface area (Å²) in [5.41, 5.74) is -0.643. The van der Waals surface area contributed by atoms with Crippen molar-refractivity contribution in [3.8, 4) is 0 Å². The van der Waals surface area contributed by atoms with E-state index in [1.165, 1.54) is 6.92 Å². The summed E-state index contributed by atoms with van der Waals surface area (Å²) < 4.78 is 40.6. The zero-order valence-corrected chi connectivity index (χ0v) is 15.9. The van der Waals surface area contributed by atoms with Gasteiger partial charge in [0.15, 0.2) is 0 Å². The van der Waals surface area contributed by atoms with Crippen molar-refractivity contribution in [3.05, 3.63) is 29.1 Å². The summed E-state index contributed by atoms with van der Waals surface area (Å²) in [5, 5.41) is 2.38. The van der Waals surface area contributed by atoms with Gasteiger partial charge in [-0.05, 0) is 44.8 Å². The van der Waals surface area contributed by atoms with Crippen molar-refractivity contribution in [2.24, 2.45) is 0 Å². The van der Waals surface area contributed by atoms with Gasteiger partial charge in [0.2, 0.25) is 11.8 Å². The molecule has 2 aliphatic rings. The number of pyridine rings is 1. The number of carbonyl (C=O) groups is 2. The van der Waals surface area contributed by atoms with E-state index in [1.807, 2.05) is 0 Å². The van der Waals surface area contributed by atoms with Crippen LogP contribution < -0.4 is 5.32 Å². The molecule has 2 aliphatic heterocycles. The first-order chi connectivity index (χ1) is 13.3. The highest BCUT2D eigenvalue weighted by Crippen LogP contribution is 2.36. The number of alkyl halides is 3. The van der Waals surface area contributed by atoms with E-state index >= 15 is 0 Å². The fourth-order valence-corrected chi connectivity index (χ4v) is 3.90. The molecule has 0 radical (unpaired) electrons. The Morgan fingerprint density at radius 3 is 2.57 bits per heavy atom. The molecule has 1 aromatic heterocycles. The highest BCUT2D eigenvalue weighted by Gasteiger charge is 2.37. The van der Waals surface area contributed by atoms with Crippen molar-refractivity contribution in [1.82, 2.24) is 20.1 Å². The molecule has 2 amide bonds. The summed E-state index contributed by atoms with van der Waals surface area (Å²) in [6, 6.07) is 0.592. The lowest BCUT2D eigenvalue weighted by Gasteiger charge is -2.27. The molecule has 2 fully saturated rings. The third-order valence-electron chi connectivity index (χ3n) is 5.31. The van der Waals surface area contributed by atoms with Crippen LogP contribution in [0.5, 0.6) is 0 Å². The van der Waals surface area contributed by atoms with Gasteiger partial charge in [-0.2, -0.15) is 13.2 Å². The van der Waals surface area contributed by atoms with E-state index in [1.54, 1.807) is 4.90 Å². The number of nitrogens with zero attached hydrogens (tertiary/aromatic N) is 3. The topological polar surface area (TPSA) is 65.5 Å². The minimum absolute atomic E-state index is 0.0536. The Bertz CT molecular complexity index is 732. The Hall–Kier alpha value is -2.16. The molecule has 1 atom stereocenters. The molecular weight excluding hydrogens is 373 g/mol. The van der Waals surface area contributed by atoms with Crippen LogP contribution in [0.1, 0.15) is 55.5 Å². The predicted octanol–water partition coefficient (Wildman–Crippen LogP) is 2.50. The van der Waals surface area contributed by atoms with Crippen LogP contribution in [-0.2, 0) is 22.3 Å². The van der Waals surface area contributed by atoms with Gasteiger partial charge in [0.25, 0.3) is 0 Å². The van der Waals surface area contributed by atoms with Crippen LogP contribution in [0.3, 0.4) is 0 Å². The molecule has 0 bridgehead atoms. The second-order valence-electron chi connectivity index (χ2n) is 7.40. The van der Waals surface area contributed by atoms with E-state index < -0.39 is 23.7 Å². The van der Waals surface area contributed by atoms with E-state index in [0.717, 1.165) is 44.6 Å². The van der Waals surface area contributed by atoms with Gasteiger partial charge in [-0.25, -0.2) is 0 Å². The molecule has 0 aromatic carbocycles.